The monoisotopic (exact) mass is 862 g/mol. The smallest absolute Gasteiger partial charge is 0.262 e. The Bertz CT molecular complexity index is 3160. The average Bonchev–Trinajstić information content (AvgIpc) is 3.98. The van der Waals surface area contributed by atoms with Crippen LogP contribution in [0.4, 0.5) is 0 Å². The molecule has 0 radical (unpaired) electrons. The second kappa shape index (κ2) is 17.5. The normalized spacial score (nSPS) is 19.8. The van der Waals surface area contributed by atoms with Gasteiger partial charge in [-0.2, -0.15) is 0 Å². The first-order valence-corrected chi connectivity index (χ1v) is 21.9. The van der Waals surface area contributed by atoms with Gasteiger partial charge in [-0.25, -0.2) is 4.98 Å². The predicted octanol–water partition coefficient (Wildman–Crippen LogP) is 9.92. The molecule has 5 heterocycles. The largest absolute Gasteiger partial charge is 0.374 e. The number of nitrogens with zero attached hydrogens (tertiary/aromatic N) is 3. The highest BCUT2D eigenvalue weighted by molar-refractivity contribution is 6.39. The third-order valence-corrected chi connectivity index (χ3v) is 12.6. The molecular weight excluding hydrogens is 817 g/mol. The number of rotatable bonds is 14. The van der Waals surface area contributed by atoms with E-state index in [-0.39, 0.29) is 38.2 Å². The molecule has 3 aromatic heterocycles. The molecule has 1 fully saturated rings. The van der Waals surface area contributed by atoms with E-state index in [2.05, 4.69) is 4.98 Å². The molecule has 0 spiro atoms. The van der Waals surface area contributed by atoms with Crippen LogP contribution in [-0.2, 0) is 50.1 Å². The quantitative estimate of drug-likeness (QED) is 0.108. The van der Waals surface area contributed by atoms with E-state index in [1.807, 2.05) is 162 Å². The van der Waals surface area contributed by atoms with E-state index in [4.69, 9.17) is 28.7 Å². The van der Waals surface area contributed by atoms with Gasteiger partial charge < -0.3 is 28.7 Å². The van der Waals surface area contributed by atoms with Crippen molar-refractivity contribution >= 4 is 55.6 Å². The highest BCUT2D eigenvalue weighted by Gasteiger charge is 2.51. The highest BCUT2D eigenvalue weighted by Crippen LogP contribution is 2.48. The van der Waals surface area contributed by atoms with Crippen LogP contribution in [0.2, 0.25) is 0 Å². The Balaban J connectivity index is 1.14. The number of aromatic nitrogens is 3. The van der Waals surface area contributed by atoms with E-state index < -0.39 is 30.6 Å². The lowest BCUT2D eigenvalue weighted by Gasteiger charge is -2.46. The van der Waals surface area contributed by atoms with Crippen molar-refractivity contribution in [2.75, 3.05) is 13.7 Å². The van der Waals surface area contributed by atoms with E-state index in [1.165, 1.54) is 11.9 Å². The van der Waals surface area contributed by atoms with Gasteiger partial charge in [-0.3, -0.25) is 19.1 Å². The minimum atomic E-state index is -0.922. The minimum Gasteiger partial charge on any atom is -0.374 e. The number of hydrogen-bond donors (Lipinski definition) is 1. The number of pyridine rings is 1. The van der Waals surface area contributed by atoms with Crippen LogP contribution in [0.1, 0.15) is 49.2 Å². The summed E-state index contributed by atoms with van der Waals surface area (Å²) in [5.41, 5.74) is 7.39. The van der Waals surface area contributed by atoms with Crippen molar-refractivity contribution in [3.63, 3.8) is 0 Å². The van der Waals surface area contributed by atoms with Crippen LogP contribution in [0, 0.1) is 0 Å². The first-order valence-electron chi connectivity index (χ1n) is 21.9. The van der Waals surface area contributed by atoms with Gasteiger partial charge in [0.05, 0.1) is 55.2 Å². The minimum absolute atomic E-state index is 0.154. The van der Waals surface area contributed by atoms with Gasteiger partial charge in [-0.1, -0.05) is 140 Å². The number of amides is 2. The Morgan fingerprint density at radius 3 is 1.69 bits per heavy atom. The number of imide groups is 1. The summed E-state index contributed by atoms with van der Waals surface area (Å²) in [6.45, 7) is 1.29. The third-order valence-electron chi connectivity index (χ3n) is 12.6. The number of aromatic amines is 1. The number of para-hydroxylation sites is 1. The maximum absolute atomic E-state index is 14.4. The molecule has 0 saturated carbocycles. The van der Waals surface area contributed by atoms with Crippen molar-refractivity contribution < 1.29 is 33.3 Å². The molecule has 2 amide bonds. The van der Waals surface area contributed by atoms with Crippen molar-refractivity contribution in [2.24, 2.45) is 0 Å². The maximum atomic E-state index is 14.4. The zero-order chi connectivity index (χ0) is 43.9. The third kappa shape index (κ3) is 7.47. The number of fused-ring (bicyclic) bond motifs is 10. The van der Waals surface area contributed by atoms with Gasteiger partial charge in [-0.05, 0) is 40.5 Å². The fourth-order valence-electron chi connectivity index (χ4n) is 9.54. The molecule has 0 aliphatic carbocycles. The molecule has 9 aromatic rings. The van der Waals surface area contributed by atoms with Crippen molar-refractivity contribution in [1.29, 1.82) is 0 Å². The van der Waals surface area contributed by atoms with E-state index in [0.717, 1.165) is 33.2 Å². The fourth-order valence-corrected chi connectivity index (χ4v) is 9.54. The SMILES string of the molecule is CN1C(=O)c2c(c3c4cccnc4n([C@@H]4O[C@H](COCc5ccccc5)[C@@H](OCc5ccccc5)[C@H](OCc5ccccc5)[C@H]4OCc4ccccc4)c3c3[nH]c4ccccc4c23)C1=O. The number of ether oxygens (including phenoxy) is 5. The molecule has 2 aliphatic heterocycles. The Morgan fingerprint density at radius 2 is 1.08 bits per heavy atom. The second-order valence-electron chi connectivity index (χ2n) is 16.7. The molecule has 11 rings (SSSR count). The number of hydrogen-bond acceptors (Lipinski definition) is 8. The molecule has 1 N–H and O–H groups in total. The van der Waals surface area contributed by atoms with E-state index >= 15 is 0 Å². The van der Waals surface area contributed by atoms with Crippen LogP contribution < -0.4 is 0 Å². The van der Waals surface area contributed by atoms with Gasteiger partial charge in [-0.15, -0.1) is 0 Å². The maximum Gasteiger partial charge on any atom is 0.262 e. The van der Waals surface area contributed by atoms with Gasteiger partial charge in [0, 0.05) is 40.3 Å². The Labute approximate surface area is 375 Å². The molecule has 2 aliphatic rings. The summed E-state index contributed by atoms with van der Waals surface area (Å²) in [5.74, 6) is -0.731. The number of carbonyl (C=O) groups is 2. The molecule has 11 heteroatoms. The van der Waals surface area contributed by atoms with E-state index in [9.17, 15) is 9.59 Å². The average molecular weight is 863 g/mol. The molecule has 65 heavy (non-hydrogen) atoms. The molecule has 6 aromatic carbocycles. The molecular formula is C54H46N4O7. The first kappa shape index (κ1) is 40.8. The van der Waals surface area contributed by atoms with Crippen LogP contribution >= 0.6 is 0 Å². The van der Waals surface area contributed by atoms with Gasteiger partial charge >= 0.3 is 0 Å². The van der Waals surface area contributed by atoms with Crippen molar-refractivity contribution in [3.8, 4) is 0 Å². The van der Waals surface area contributed by atoms with Gasteiger partial charge in [0.15, 0.2) is 6.23 Å². The summed E-state index contributed by atoms with van der Waals surface area (Å²) in [5, 5.41) is 2.80. The second-order valence-corrected chi connectivity index (χ2v) is 16.7. The number of carbonyl (C=O) groups excluding carboxylic acids is 2. The van der Waals surface area contributed by atoms with Gasteiger partial charge in [0.25, 0.3) is 11.8 Å². The first-order chi connectivity index (χ1) is 32.0. The van der Waals surface area contributed by atoms with Crippen LogP contribution in [-0.4, -0.2) is 69.3 Å². The standard InChI is InChI=1S/C54H46N4O7/c1-57-52(59)44-42-38-25-14-15-27-40(38)56-46(42)47-43(45(44)53(57)60)39-26-16-28-55-51(39)58(47)54-50(64-32-37-23-12-5-13-24-37)49(63-31-36-21-10-4-11-22-36)48(62-30-35-19-8-3-9-20-35)41(65-54)33-61-29-34-17-6-2-7-18-34/h2-28,41,48-50,54,56H,29-33H2,1H3/t41-,48-,49+,50-,54-/m1/s1. The van der Waals surface area contributed by atoms with Crippen LogP contribution in [0.15, 0.2) is 164 Å². The molecule has 1 saturated heterocycles. The zero-order valence-corrected chi connectivity index (χ0v) is 35.7. The molecule has 5 atom stereocenters. The van der Waals surface area contributed by atoms with E-state index in [1.54, 1.807) is 6.20 Å². The van der Waals surface area contributed by atoms with Crippen LogP contribution in [0.3, 0.4) is 0 Å². The summed E-state index contributed by atoms with van der Waals surface area (Å²) in [6, 6.07) is 51.8. The topological polar surface area (TPSA) is 117 Å². The highest BCUT2D eigenvalue weighted by atomic mass is 16.6. The van der Waals surface area contributed by atoms with Crippen molar-refractivity contribution in [3.05, 3.63) is 197 Å². The summed E-state index contributed by atoms with van der Waals surface area (Å²) in [7, 11) is 1.54. The molecule has 11 nitrogen and oxygen atoms in total. The molecule has 0 bridgehead atoms. The van der Waals surface area contributed by atoms with E-state index in [0.29, 0.717) is 50.6 Å². The number of H-pyrrole nitrogens is 1. The lowest BCUT2D eigenvalue weighted by Crippen LogP contribution is -2.59. The van der Waals surface area contributed by atoms with Crippen LogP contribution in [0.5, 0.6) is 0 Å². The summed E-state index contributed by atoms with van der Waals surface area (Å²) < 4.78 is 37.4. The fraction of sp³-hybridized carbons (Fsp3) is 0.204. The van der Waals surface area contributed by atoms with Gasteiger partial charge in [0.2, 0.25) is 0 Å². The Morgan fingerprint density at radius 1 is 0.569 bits per heavy atom. The van der Waals surface area contributed by atoms with Crippen molar-refractivity contribution in [2.45, 2.75) is 57.1 Å². The Hall–Kier alpha value is -6.99. The predicted molar refractivity (Wildman–Crippen MR) is 248 cm³/mol. The lowest BCUT2D eigenvalue weighted by molar-refractivity contribution is -0.288. The van der Waals surface area contributed by atoms with Crippen LogP contribution in [0.25, 0.3) is 43.7 Å². The lowest BCUT2D eigenvalue weighted by atomic mass is 9.95. The van der Waals surface area contributed by atoms with Gasteiger partial charge in [0.1, 0.15) is 30.1 Å². The molecule has 0 unspecified atom stereocenters. The Kier molecular flexibility index (Phi) is 11.0. The summed E-state index contributed by atoms with van der Waals surface area (Å²) in [4.78, 5) is 38.5. The number of nitrogens with one attached hydrogen (secondary N) is 1. The molecule has 324 valence electrons. The number of benzene rings is 6. The summed E-state index contributed by atoms with van der Waals surface area (Å²) in [6.07, 6.45) is -2.11. The van der Waals surface area contributed by atoms with Crippen molar-refractivity contribution in [1.82, 2.24) is 19.4 Å². The zero-order valence-electron chi connectivity index (χ0n) is 35.7. The summed E-state index contributed by atoms with van der Waals surface area (Å²) >= 11 is 0.